The number of ether oxygens (including phenoxy) is 1. The molecule has 1 aromatic heterocycles. The number of ketones is 1. The van der Waals surface area contributed by atoms with Crippen molar-refractivity contribution < 1.29 is 9.53 Å². The highest BCUT2D eigenvalue weighted by molar-refractivity contribution is 6.09. The number of hydrogen-bond acceptors (Lipinski definition) is 3. The first kappa shape index (κ1) is 11.7. The molecule has 0 spiro atoms. The lowest BCUT2D eigenvalue weighted by molar-refractivity contribution is 0.0993. The van der Waals surface area contributed by atoms with Crippen molar-refractivity contribution in [3.63, 3.8) is 0 Å². The monoisotopic (exact) mass is 232 g/mol. The van der Waals surface area contributed by atoms with Crippen molar-refractivity contribution in [3.8, 4) is 5.75 Å². The van der Waals surface area contributed by atoms with Gasteiger partial charge in [0.25, 0.3) is 0 Å². The molecule has 2 aromatic rings. The molecule has 0 atom stereocenters. The molecule has 0 radical (unpaired) electrons. The minimum Gasteiger partial charge on any atom is -0.497 e. The van der Waals surface area contributed by atoms with E-state index >= 15 is 0 Å². The van der Waals surface area contributed by atoms with Gasteiger partial charge in [-0.15, -0.1) is 0 Å². The van der Waals surface area contributed by atoms with Crippen LogP contribution >= 0.6 is 0 Å². The molecule has 0 amide bonds. The maximum Gasteiger partial charge on any atom is 0.178 e. The summed E-state index contributed by atoms with van der Waals surface area (Å²) >= 11 is 0. The molecule has 0 aliphatic carbocycles. The van der Waals surface area contributed by atoms with E-state index in [0.29, 0.717) is 12.1 Å². The zero-order valence-electron chi connectivity index (χ0n) is 10.0. The Morgan fingerprint density at radius 3 is 3.00 bits per heavy atom. The van der Waals surface area contributed by atoms with E-state index in [-0.39, 0.29) is 5.78 Å². The molecule has 1 heterocycles. The highest BCUT2D eigenvalue weighted by atomic mass is 16.5. The van der Waals surface area contributed by atoms with Gasteiger partial charge >= 0.3 is 0 Å². The van der Waals surface area contributed by atoms with Gasteiger partial charge in [-0.3, -0.25) is 4.79 Å². The Morgan fingerprint density at radius 2 is 2.29 bits per heavy atom. The Morgan fingerprint density at radius 1 is 1.47 bits per heavy atom. The second kappa shape index (κ2) is 5.01. The van der Waals surface area contributed by atoms with E-state index in [9.17, 15) is 4.79 Å². The van der Waals surface area contributed by atoms with Crippen molar-refractivity contribution in [2.24, 2.45) is 0 Å². The van der Waals surface area contributed by atoms with Crippen LogP contribution in [-0.4, -0.2) is 31.0 Å². The molecule has 0 saturated heterocycles. The first-order valence-corrected chi connectivity index (χ1v) is 5.65. The largest absolute Gasteiger partial charge is 0.497 e. The summed E-state index contributed by atoms with van der Waals surface area (Å²) < 4.78 is 5.17. The maximum absolute atomic E-state index is 12.0. The Labute approximate surface area is 100.0 Å². The van der Waals surface area contributed by atoms with Gasteiger partial charge in [0.05, 0.1) is 13.7 Å². The third kappa shape index (κ3) is 2.31. The Bertz CT molecular complexity index is 531. The summed E-state index contributed by atoms with van der Waals surface area (Å²) in [6.07, 6.45) is 1.75. The molecule has 0 fully saturated rings. The number of aromatic amines is 1. The molecule has 0 unspecified atom stereocenters. The van der Waals surface area contributed by atoms with Crippen molar-refractivity contribution in [2.45, 2.75) is 6.92 Å². The molecule has 0 bridgehead atoms. The minimum absolute atomic E-state index is 0.0892. The van der Waals surface area contributed by atoms with Gasteiger partial charge in [-0.1, -0.05) is 6.92 Å². The lowest BCUT2D eigenvalue weighted by Crippen LogP contribution is -2.22. The maximum atomic E-state index is 12.0. The fraction of sp³-hybridized carbons (Fsp3) is 0.308. The minimum atomic E-state index is 0.0892. The normalized spacial score (nSPS) is 10.7. The second-order valence-electron chi connectivity index (χ2n) is 3.82. The molecule has 4 nitrogen and oxygen atoms in total. The zero-order chi connectivity index (χ0) is 12.3. The van der Waals surface area contributed by atoms with Crippen LogP contribution in [0.5, 0.6) is 5.75 Å². The summed E-state index contributed by atoms with van der Waals surface area (Å²) in [6, 6.07) is 5.67. The molecule has 0 aliphatic heterocycles. The molecule has 0 aliphatic rings. The summed E-state index contributed by atoms with van der Waals surface area (Å²) in [5.74, 6) is 0.848. The van der Waals surface area contributed by atoms with E-state index in [0.717, 1.165) is 23.2 Å². The van der Waals surface area contributed by atoms with Gasteiger partial charge in [-0.2, -0.15) is 0 Å². The molecule has 4 heteroatoms. The van der Waals surface area contributed by atoms with Crippen LogP contribution in [-0.2, 0) is 0 Å². The number of rotatable bonds is 5. The summed E-state index contributed by atoms with van der Waals surface area (Å²) in [5, 5.41) is 3.94. The number of carbonyl (C=O) groups excluding carboxylic acids is 1. The van der Waals surface area contributed by atoms with E-state index in [2.05, 4.69) is 10.3 Å². The molecular formula is C13H16N2O2. The average Bonchev–Trinajstić information content (AvgIpc) is 2.78. The number of carbonyl (C=O) groups is 1. The highest BCUT2D eigenvalue weighted by Crippen LogP contribution is 2.23. The predicted molar refractivity (Wildman–Crippen MR) is 67.7 cm³/mol. The molecule has 90 valence electrons. The second-order valence-corrected chi connectivity index (χ2v) is 3.82. The van der Waals surface area contributed by atoms with E-state index < -0.39 is 0 Å². The molecule has 0 saturated carbocycles. The number of Topliss-reactive ketones (excluding diaryl/α,β-unsaturated/α-hetero) is 1. The lowest BCUT2D eigenvalue weighted by Gasteiger charge is -2.02. The molecular weight excluding hydrogens is 216 g/mol. The first-order chi connectivity index (χ1) is 8.26. The average molecular weight is 232 g/mol. The quantitative estimate of drug-likeness (QED) is 0.775. The third-order valence-electron chi connectivity index (χ3n) is 2.72. The summed E-state index contributed by atoms with van der Waals surface area (Å²) in [4.78, 5) is 15.0. The van der Waals surface area contributed by atoms with E-state index in [1.54, 1.807) is 13.3 Å². The van der Waals surface area contributed by atoms with Crippen LogP contribution in [0.3, 0.4) is 0 Å². The smallest absolute Gasteiger partial charge is 0.178 e. The fourth-order valence-electron chi connectivity index (χ4n) is 1.79. The van der Waals surface area contributed by atoms with Crippen molar-refractivity contribution in [1.82, 2.24) is 10.3 Å². The predicted octanol–water partition coefficient (Wildman–Crippen LogP) is 1.97. The number of hydrogen-bond donors (Lipinski definition) is 2. The number of likely N-dealkylation sites (N-methyl/N-ethyl adjacent to an activating group) is 1. The van der Waals surface area contributed by atoms with Gasteiger partial charge in [0.15, 0.2) is 5.78 Å². The lowest BCUT2D eigenvalue weighted by atomic mass is 10.1. The van der Waals surface area contributed by atoms with Gasteiger partial charge in [0.2, 0.25) is 0 Å². The number of benzene rings is 1. The van der Waals surface area contributed by atoms with Gasteiger partial charge in [0.1, 0.15) is 5.75 Å². The van der Waals surface area contributed by atoms with Crippen LogP contribution in [0.15, 0.2) is 24.4 Å². The molecule has 2 rings (SSSR count). The number of H-pyrrole nitrogens is 1. The van der Waals surface area contributed by atoms with Crippen molar-refractivity contribution in [2.75, 3.05) is 20.2 Å². The number of aromatic nitrogens is 1. The van der Waals surface area contributed by atoms with Crippen molar-refractivity contribution in [3.05, 3.63) is 30.0 Å². The van der Waals surface area contributed by atoms with Crippen LogP contribution in [0, 0.1) is 0 Å². The first-order valence-electron chi connectivity index (χ1n) is 5.65. The van der Waals surface area contributed by atoms with Crippen LogP contribution < -0.4 is 10.1 Å². The van der Waals surface area contributed by atoms with Crippen LogP contribution in [0.25, 0.3) is 10.9 Å². The zero-order valence-corrected chi connectivity index (χ0v) is 10.0. The van der Waals surface area contributed by atoms with Gasteiger partial charge in [-0.05, 0) is 24.7 Å². The number of methoxy groups -OCH3 is 1. The van der Waals surface area contributed by atoms with Gasteiger partial charge in [0, 0.05) is 22.7 Å². The molecule has 17 heavy (non-hydrogen) atoms. The third-order valence-corrected chi connectivity index (χ3v) is 2.72. The van der Waals surface area contributed by atoms with Crippen molar-refractivity contribution >= 4 is 16.7 Å². The number of nitrogens with one attached hydrogen (secondary N) is 2. The highest BCUT2D eigenvalue weighted by Gasteiger charge is 2.11. The standard InChI is InChI=1S/C13H16N2O2/c1-3-14-8-13(16)11-7-15-12-5-4-9(17-2)6-10(11)12/h4-7,14-15H,3,8H2,1-2H3. The van der Waals surface area contributed by atoms with E-state index in [4.69, 9.17) is 4.74 Å². The van der Waals surface area contributed by atoms with Gasteiger partial charge < -0.3 is 15.0 Å². The van der Waals surface area contributed by atoms with E-state index in [1.165, 1.54) is 0 Å². The Kier molecular flexibility index (Phi) is 3.44. The SMILES string of the molecule is CCNCC(=O)c1c[nH]c2ccc(OC)cc12. The Balaban J connectivity index is 2.36. The topological polar surface area (TPSA) is 54.1 Å². The van der Waals surface area contributed by atoms with Crippen LogP contribution in [0.1, 0.15) is 17.3 Å². The summed E-state index contributed by atoms with van der Waals surface area (Å²) in [6.45, 7) is 3.13. The van der Waals surface area contributed by atoms with Crippen molar-refractivity contribution in [1.29, 1.82) is 0 Å². The summed E-state index contributed by atoms with van der Waals surface area (Å²) in [7, 11) is 1.62. The van der Waals surface area contributed by atoms with Crippen LogP contribution in [0.4, 0.5) is 0 Å². The Hall–Kier alpha value is -1.81. The van der Waals surface area contributed by atoms with Crippen LogP contribution in [0.2, 0.25) is 0 Å². The summed E-state index contributed by atoms with van der Waals surface area (Å²) in [5.41, 5.74) is 1.66. The fourth-order valence-corrected chi connectivity index (χ4v) is 1.79. The van der Waals surface area contributed by atoms with E-state index in [1.807, 2.05) is 25.1 Å². The van der Waals surface area contributed by atoms with Gasteiger partial charge in [-0.25, -0.2) is 0 Å². The molecule has 2 N–H and O–H groups in total. The number of fused-ring (bicyclic) bond motifs is 1. The molecule has 1 aromatic carbocycles.